The number of aliphatic hydroxyl groups excluding tert-OH is 1. The summed E-state index contributed by atoms with van der Waals surface area (Å²) in [5, 5.41) is 10.2. The normalized spacial score (nSPS) is 23.4. The lowest BCUT2D eigenvalue weighted by atomic mass is 10.1. The number of rotatable bonds is 3. The number of nitrogens with zero attached hydrogens (tertiary/aromatic N) is 2. The Kier molecular flexibility index (Phi) is 4.76. The zero-order chi connectivity index (χ0) is 15.5. The summed E-state index contributed by atoms with van der Waals surface area (Å²) >= 11 is 0. The average molecular weight is 304 g/mol. The van der Waals surface area contributed by atoms with Crippen LogP contribution >= 0.6 is 0 Å². The van der Waals surface area contributed by atoms with Crippen molar-refractivity contribution in [1.82, 2.24) is 9.80 Å². The summed E-state index contributed by atoms with van der Waals surface area (Å²) in [5.74, 6) is -0.0434. The number of carbonyl (C=O) groups is 1. The van der Waals surface area contributed by atoms with Crippen LogP contribution in [-0.4, -0.2) is 72.9 Å². The summed E-state index contributed by atoms with van der Waals surface area (Å²) in [6.07, 6.45) is 1.58. The van der Waals surface area contributed by atoms with Gasteiger partial charge in [-0.1, -0.05) is 24.3 Å². The number of hydrogen-bond acceptors (Lipinski definition) is 4. The quantitative estimate of drug-likeness (QED) is 0.873. The van der Waals surface area contributed by atoms with Gasteiger partial charge < -0.3 is 14.7 Å². The summed E-state index contributed by atoms with van der Waals surface area (Å²) in [7, 11) is 1.52. The molecule has 0 radical (unpaired) electrons. The van der Waals surface area contributed by atoms with E-state index in [2.05, 4.69) is 29.2 Å². The van der Waals surface area contributed by atoms with E-state index in [0.717, 1.165) is 19.4 Å². The molecule has 3 rings (SSSR count). The molecule has 5 heteroatoms. The van der Waals surface area contributed by atoms with Crippen molar-refractivity contribution in [2.24, 2.45) is 0 Å². The minimum absolute atomic E-state index is 0.0434. The second-order valence-electron chi connectivity index (χ2n) is 6.25. The maximum atomic E-state index is 12.0. The minimum atomic E-state index is -0.494. The van der Waals surface area contributed by atoms with Crippen LogP contribution in [0.5, 0.6) is 0 Å². The maximum Gasteiger partial charge on any atom is 0.248 e. The van der Waals surface area contributed by atoms with Crippen LogP contribution in [0, 0.1) is 0 Å². The van der Waals surface area contributed by atoms with Gasteiger partial charge in [-0.05, 0) is 24.0 Å². The monoisotopic (exact) mass is 304 g/mol. The molecular weight excluding hydrogens is 280 g/mol. The smallest absolute Gasteiger partial charge is 0.248 e. The van der Waals surface area contributed by atoms with Gasteiger partial charge in [-0.3, -0.25) is 9.69 Å². The number of hydrogen-bond donors (Lipinski definition) is 1. The van der Waals surface area contributed by atoms with Crippen LogP contribution in [0.15, 0.2) is 24.3 Å². The van der Waals surface area contributed by atoms with Crippen LogP contribution in [0.3, 0.4) is 0 Å². The first-order valence-corrected chi connectivity index (χ1v) is 7.93. The van der Waals surface area contributed by atoms with E-state index in [4.69, 9.17) is 4.74 Å². The number of ether oxygens (including phenoxy) is 1. The highest BCUT2D eigenvalue weighted by atomic mass is 16.5. The Morgan fingerprint density at radius 2 is 1.91 bits per heavy atom. The van der Waals surface area contributed by atoms with Crippen LogP contribution in [-0.2, 0) is 22.4 Å². The topological polar surface area (TPSA) is 53.0 Å². The minimum Gasteiger partial charge on any atom is -0.390 e. The molecule has 1 heterocycles. The fourth-order valence-electron chi connectivity index (χ4n) is 3.58. The van der Waals surface area contributed by atoms with Crippen molar-refractivity contribution in [3.63, 3.8) is 0 Å². The molecule has 0 saturated carbocycles. The van der Waals surface area contributed by atoms with Crippen LogP contribution in [0.2, 0.25) is 0 Å². The maximum absolute atomic E-state index is 12.0. The van der Waals surface area contributed by atoms with Crippen molar-refractivity contribution in [3.8, 4) is 0 Å². The van der Waals surface area contributed by atoms with E-state index >= 15 is 0 Å². The molecule has 1 aromatic carbocycles. The van der Waals surface area contributed by atoms with Gasteiger partial charge in [0.2, 0.25) is 5.91 Å². The Balaban J connectivity index is 1.63. The van der Waals surface area contributed by atoms with Crippen molar-refractivity contribution < 1.29 is 14.6 Å². The Bertz CT molecular complexity index is 509. The van der Waals surface area contributed by atoms with Gasteiger partial charge in [0, 0.05) is 39.3 Å². The Morgan fingerprint density at radius 3 is 2.55 bits per heavy atom. The third-order valence-corrected chi connectivity index (χ3v) is 4.70. The van der Waals surface area contributed by atoms with Crippen LogP contribution in [0.1, 0.15) is 11.1 Å². The molecule has 1 amide bonds. The third kappa shape index (κ3) is 3.32. The molecule has 1 saturated heterocycles. The average Bonchev–Trinajstić information content (AvgIpc) is 2.84. The highest BCUT2D eigenvalue weighted by molar-refractivity contribution is 5.77. The summed E-state index contributed by atoms with van der Waals surface area (Å²) in [4.78, 5) is 16.0. The van der Waals surface area contributed by atoms with E-state index in [1.54, 1.807) is 4.90 Å². The van der Waals surface area contributed by atoms with Gasteiger partial charge in [-0.2, -0.15) is 0 Å². The van der Waals surface area contributed by atoms with E-state index in [9.17, 15) is 9.90 Å². The lowest BCUT2D eigenvalue weighted by Crippen LogP contribution is -2.41. The van der Waals surface area contributed by atoms with E-state index < -0.39 is 6.10 Å². The molecule has 22 heavy (non-hydrogen) atoms. The van der Waals surface area contributed by atoms with Crippen molar-refractivity contribution in [2.75, 3.05) is 39.9 Å². The van der Waals surface area contributed by atoms with E-state index in [1.807, 2.05) is 0 Å². The molecule has 5 nitrogen and oxygen atoms in total. The van der Waals surface area contributed by atoms with Gasteiger partial charge in [-0.25, -0.2) is 0 Å². The molecule has 0 aromatic heterocycles. The first-order chi connectivity index (χ1) is 10.7. The van der Waals surface area contributed by atoms with Crippen LogP contribution in [0.25, 0.3) is 0 Å². The van der Waals surface area contributed by atoms with Crippen molar-refractivity contribution in [2.45, 2.75) is 25.0 Å². The Labute approximate surface area is 131 Å². The van der Waals surface area contributed by atoms with Gasteiger partial charge in [0.05, 0.1) is 6.10 Å². The second-order valence-corrected chi connectivity index (χ2v) is 6.25. The fourth-order valence-corrected chi connectivity index (χ4v) is 3.58. The first-order valence-electron chi connectivity index (χ1n) is 7.93. The molecule has 1 atom stereocenters. The van der Waals surface area contributed by atoms with Gasteiger partial charge >= 0.3 is 0 Å². The largest absolute Gasteiger partial charge is 0.390 e. The van der Waals surface area contributed by atoms with E-state index in [0.29, 0.717) is 25.7 Å². The fraction of sp³-hybridized carbons (Fsp3) is 0.588. The van der Waals surface area contributed by atoms with Crippen LogP contribution in [0.4, 0.5) is 0 Å². The lowest BCUT2D eigenvalue weighted by Gasteiger charge is -2.28. The summed E-state index contributed by atoms with van der Waals surface area (Å²) in [6.45, 7) is 2.59. The molecule has 1 aliphatic heterocycles. The van der Waals surface area contributed by atoms with E-state index in [-0.39, 0.29) is 12.5 Å². The summed E-state index contributed by atoms with van der Waals surface area (Å²) < 4.78 is 4.92. The van der Waals surface area contributed by atoms with Gasteiger partial charge in [0.25, 0.3) is 0 Å². The van der Waals surface area contributed by atoms with Gasteiger partial charge in [0.15, 0.2) is 0 Å². The molecule has 1 N–H and O–H groups in total. The zero-order valence-corrected chi connectivity index (χ0v) is 13.1. The number of fused-ring (bicyclic) bond motifs is 1. The first kappa shape index (κ1) is 15.5. The third-order valence-electron chi connectivity index (χ3n) is 4.70. The van der Waals surface area contributed by atoms with Crippen molar-refractivity contribution >= 4 is 5.91 Å². The molecular formula is C17H24N2O3. The Morgan fingerprint density at radius 1 is 1.23 bits per heavy atom. The predicted molar refractivity (Wildman–Crippen MR) is 83.7 cm³/mol. The number of aliphatic hydroxyl groups is 1. The highest BCUT2D eigenvalue weighted by Gasteiger charge is 2.31. The number of β-amino-alcohol motifs (C(OH)–C–C–N with tert-alkyl or cyclic N) is 1. The van der Waals surface area contributed by atoms with Crippen molar-refractivity contribution in [3.05, 3.63) is 35.4 Å². The molecule has 0 bridgehead atoms. The SMILES string of the molecule is COCC(=O)N1CCN(C2Cc3ccccc3C2)C[C@@H](O)C1. The lowest BCUT2D eigenvalue weighted by molar-refractivity contribution is -0.136. The zero-order valence-electron chi connectivity index (χ0n) is 13.1. The van der Waals surface area contributed by atoms with Gasteiger partial charge in [-0.15, -0.1) is 0 Å². The molecule has 0 spiro atoms. The summed E-state index contributed by atoms with van der Waals surface area (Å²) in [5.41, 5.74) is 2.83. The number of carbonyl (C=O) groups excluding carboxylic acids is 1. The summed E-state index contributed by atoms with van der Waals surface area (Å²) in [6, 6.07) is 8.99. The second kappa shape index (κ2) is 6.77. The Hall–Kier alpha value is -1.43. The molecule has 2 aliphatic rings. The molecule has 1 fully saturated rings. The molecule has 1 aliphatic carbocycles. The predicted octanol–water partition coefficient (Wildman–Crippen LogP) is 0.305. The van der Waals surface area contributed by atoms with Crippen LogP contribution < -0.4 is 0 Å². The highest BCUT2D eigenvalue weighted by Crippen LogP contribution is 2.26. The van der Waals surface area contributed by atoms with E-state index in [1.165, 1.54) is 18.2 Å². The molecule has 120 valence electrons. The molecule has 1 aromatic rings. The standard InChI is InChI=1S/C17H24N2O3/c1-22-12-17(21)19-7-6-18(10-16(20)11-19)15-8-13-4-2-3-5-14(13)9-15/h2-5,15-16,20H,6-12H2,1H3/t16-/m1/s1. The number of benzene rings is 1. The van der Waals surface area contributed by atoms with Gasteiger partial charge in [0.1, 0.15) is 6.61 Å². The number of amides is 1. The number of methoxy groups -OCH3 is 1. The molecule has 0 unspecified atom stereocenters. The van der Waals surface area contributed by atoms with Crippen molar-refractivity contribution in [1.29, 1.82) is 0 Å².